The molecule has 6 nitrogen and oxygen atoms in total. The predicted octanol–water partition coefficient (Wildman–Crippen LogP) is 0.546. The molecule has 1 aliphatic heterocycles. The summed E-state index contributed by atoms with van der Waals surface area (Å²) < 4.78 is 15.9. The van der Waals surface area contributed by atoms with Crippen molar-refractivity contribution in [1.29, 1.82) is 0 Å². The van der Waals surface area contributed by atoms with Gasteiger partial charge in [0.1, 0.15) is 0 Å². The molecule has 1 aliphatic rings. The van der Waals surface area contributed by atoms with E-state index in [4.69, 9.17) is 14.2 Å². The zero-order valence-electron chi connectivity index (χ0n) is 11.5. The number of hydrogen-bond acceptors (Lipinski definition) is 6. The molecule has 0 aromatic rings. The highest BCUT2D eigenvalue weighted by Gasteiger charge is 2.42. The van der Waals surface area contributed by atoms with Crippen molar-refractivity contribution < 1.29 is 23.8 Å². The topological polar surface area (TPSA) is 65.1 Å². The highest BCUT2D eigenvalue weighted by atomic mass is 16.7. The van der Waals surface area contributed by atoms with E-state index in [-0.39, 0.29) is 12.1 Å². The highest BCUT2D eigenvalue weighted by molar-refractivity contribution is 5.67. The van der Waals surface area contributed by atoms with Gasteiger partial charge in [0, 0.05) is 13.8 Å². The van der Waals surface area contributed by atoms with E-state index >= 15 is 0 Å². The van der Waals surface area contributed by atoms with Crippen LogP contribution in [0.5, 0.6) is 0 Å². The van der Waals surface area contributed by atoms with Crippen molar-refractivity contribution in [2.24, 2.45) is 0 Å². The van der Waals surface area contributed by atoms with Crippen molar-refractivity contribution in [3.8, 4) is 0 Å². The van der Waals surface area contributed by atoms with Gasteiger partial charge in [-0.25, -0.2) is 0 Å². The summed E-state index contributed by atoms with van der Waals surface area (Å²) in [5.41, 5.74) is 0. The van der Waals surface area contributed by atoms with Crippen molar-refractivity contribution in [1.82, 2.24) is 4.90 Å². The molecule has 0 N–H and O–H groups in total. The van der Waals surface area contributed by atoms with E-state index in [0.717, 1.165) is 0 Å². The van der Waals surface area contributed by atoms with Crippen molar-refractivity contribution in [3.05, 3.63) is 0 Å². The Labute approximate surface area is 107 Å². The minimum Gasteiger partial charge on any atom is -0.454 e. The minimum absolute atomic E-state index is 0.0398. The standard InChI is InChI=1S/C12H21NO5/c1-7-6-10(13(4)5)11(17-8(2)14)12(16-7)18-9(3)15/h7,10-12H,6H2,1-5H3/t7-,10+,11-,12?/m1/s1. The predicted molar refractivity (Wildman–Crippen MR) is 63.7 cm³/mol. The molecule has 104 valence electrons. The molecule has 0 aromatic carbocycles. The second-order valence-corrected chi connectivity index (χ2v) is 4.77. The average molecular weight is 259 g/mol. The molecule has 18 heavy (non-hydrogen) atoms. The van der Waals surface area contributed by atoms with Crippen LogP contribution < -0.4 is 0 Å². The first-order chi connectivity index (χ1) is 8.31. The summed E-state index contributed by atoms with van der Waals surface area (Å²) in [6.07, 6.45) is -0.795. The fourth-order valence-electron chi connectivity index (χ4n) is 2.11. The van der Waals surface area contributed by atoms with E-state index in [0.29, 0.717) is 6.42 Å². The van der Waals surface area contributed by atoms with Crippen LogP contribution in [0.4, 0.5) is 0 Å². The summed E-state index contributed by atoms with van der Waals surface area (Å²) in [5, 5.41) is 0. The lowest BCUT2D eigenvalue weighted by Gasteiger charge is -2.41. The third-order valence-corrected chi connectivity index (χ3v) is 2.83. The van der Waals surface area contributed by atoms with Gasteiger partial charge in [-0.2, -0.15) is 0 Å². The first-order valence-corrected chi connectivity index (χ1v) is 5.97. The number of hydrogen-bond donors (Lipinski definition) is 0. The zero-order chi connectivity index (χ0) is 13.9. The Kier molecular flexibility index (Phi) is 5.10. The van der Waals surface area contributed by atoms with Gasteiger partial charge >= 0.3 is 11.9 Å². The number of likely N-dealkylation sites (N-methyl/N-ethyl adjacent to an activating group) is 1. The van der Waals surface area contributed by atoms with E-state index in [1.54, 1.807) is 0 Å². The average Bonchev–Trinajstić information content (AvgIpc) is 2.19. The SMILES string of the molecule is CC(=O)OC1O[C@H](C)C[C@H](N(C)C)[C@H]1OC(C)=O. The number of carbonyl (C=O) groups excluding carboxylic acids is 2. The van der Waals surface area contributed by atoms with Gasteiger partial charge in [-0.1, -0.05) is 0 Å². The molecular formula is C12H21NO5. The molecule has 0 saturated carbocycles. The zero-order valence-corrected chi connectivity index (χ0v) is 11.5. The van der Waals surface area contributed by atoms with Crippen LogP contribution in [-0.4, -0.2) is 55.5 Å². The Morgan fingerprint density at radius 1 is 1.17 bits per heavy atom. The van der Waals surface area contributed by atoms with E-state index < -0.39 is 24.3 Å². The first kappa shape index (κ1) is 14.9. The fraction of sp³-hybridized carbons (Fsp3) is 0.833. The van der Waals surface area contributed by atoms with Crippen LogP contribution in [0.25, 0.3) is 0 Å². The molecule has 1 unspecified atom stereocenters. The monoisotopic (exact) mass is 259 g/mol. The summed E-state index contributed by atoms with van der Waals surface area (Å²) in [7, 11) is 3.79. The van der Waals surface area contributed by atoms with Crippen LogP contribution in [0.1, 0.15) is 27.2 Å². The van der Waals surface area contributed by atoms with Gasteiger partial charge in [-0.3, -0.25) is 9.59 Å². The summed E-state index contributed by atoms with van der Waals surface area (Å²) in [4.78, 5) is 24.2. The van der Waals surface area contributed by atoms with Crippen molar-refractivity contribution in [2.45, 2.75) is 51.7 Å². The number of ether oxygens (including phenoxy) is 3. The smallest absolute Gasteiger partial charge is 0.305 e. The maximum absolute atomic E-state index is 11.2. The van der Waals surface area contributed by atoms with Gasteiger partial charge in [-0.05, 0) is 27.4 Å². The van der Waals surface area contributed by atoms with Crippen molar-refractivity contribution in [2.75, 3.05) is 14.1 Å². The van der Waals surface area contributed by atoms with Crippen LogP contribution in [0.2, 0.25) is 0 Å². The molecule has 1 rings (SSSR count). The molecule has 0 radical (unpaired) electrons. The maximum Gasteiger partial charge on any atom is 0.305 e. The molecule has 1 fully saturated rings. The second-order valence-electron chi connectivity index (χ2n) is 4.77. The van der Waals surface area contributed by atoms with E-state index in [1.807, 2.05) is 25.9 Å². The Balaban J connectivity index is 2.87. The normalized spacial score (nSPS) is 32.1. The lowest BCUT2D eigenvalue weighted by Crippen LogP contribution is -2.56. The molecule has 0 bridgehead atoms. The molecule has 6 heteroatoms. The van der Waals surface area contributed by atoms with Gasteiger partial charge in [-0.15, -0.1) is 0 Å². The van der Waals surface area contributed by atoms with Crippen LogP contribution >= 0.6 is 0 Å². The summed E-state index contributed by atoms with van der Waals surface area (Å²) in [6.45, 7) is 4.53. The fourth-order valence-corrected chi connectivity index (χ4v) is 2.11. The van der Waals surface area contributed by atoms with Gasteiger partial charge in [0.05, 0.1) is 12.1 Å². The van der Waals surface area contributed by atoms with Gasteiger partial charge < -0.3 is 19.1 Å². The summed E-state index contributed by atoms with van der Waals surface area (Å²) >= 11 is 0. The molecule has 4 atom stereocenters. The van der Waals surface area contributed by atoms with Crippen LogP contribution in [-0.2, 0) is 23.8 Å². The lowest BCUT2D eigenvalue weighted by atomic mass is 9.99. The lowest BCUT2D eigenvalue weighted by molar-refractivity contribution is -0.251. The maximum atomic E-state index is 11.2. The molecule has 1 heterocycles. The highest BCUT2D eigenvalue weighted by Crippen LogP contribution is 2.26. The largest absolute Gasteiger partial charge is 0.454 e. The molecule has 0 aromatic heterocycles. The molecule has 1 saturated heterocycles. The van der Waals surface area contributed by atoms with Gasteiger partial charge in [0.25, 0.3) is 0 Å². The number of nitrogens with zero attached hydrogens (tertiary/aromatic N) is 1. The molecular weight excluding hydrogens is 238 g/mol. The Bertz CT molecular complexity index is 318. The second kappa shape index (κ2) is 6.15. The third kappa shape index (κ3) is 3.96. The van der Waals surface area contributed by atoms with Crippen molar-refractivity contribution >= 4 is 11.9 Å². The Hall–Kier alpha value is -1.14. The minimum atomic E-state index is -0.845. The number of carbonyl (C=O) groups is 2. The summed E-state index contributed by atoms with van der Waals surface area (Å²) in [5.74, 6) is -0.870. The Morgan fingerprint density at radius 2 is 1.72 bits per heavy atom. The van der Waals surface area contributed by atoms with E-state index in [2.05, 4.69) is 0 Å². The first-order valence-electron chi connectivity index (χ1n) is 5.97. The van der Waals surface area contributed by atoms with Crippen LogP contribution in [0.15, 0.2) is 0 Å². The quantitative estimate of drug-likeness (QED) is 0.689. The molecule has 0 spiro atoms. The van der Waals surface area contributed by atoms with Crippen LogP contribution in [0.3, 0.4) is 0 Å². The molecule has 0 amide bonds. The van der Waals surface area contributed by atoms with Gasteiger partial charge in [0.15, 0.2) is 6.10 Å². The third-order valence-electron chi connectivity index (χ3n) is 2.83. The molecule has 0 aliphatic carbocycles. The van der Waals surface area contributed by atoms with Gasteiger partial charge in [0.2, 0.25) is 6.29 Å². The van der Waals surface area contributed by atoms with Crippen molar-refractivity contribution in [3.63, 3.8) is 0 Å². The van der Waals surface area contributed by atoms with E-state index in [1.165, 1.54) is 13.8 Å². The van der Waals surface area contributed by atoms with Crippen LogP contribution in [0, 0.1) is 0 Å². The summed E-state index contributed by atoms with van der Waals surface area (Å²) in [6, 6.07) is -0.0398. The number of esters is 2. The Morgan fingerprint density at radius 3 is 2.17 bits per heavy atom. The number of rotatable bonds is 3. The van der Waals surface area contributed by atoms with E-state index in [9.17, 15) is 9.59 Å².